The number of carbonyl (C=O) groups excluding carboxylic acids is 1. The van der Waals surface area contributed by atoms with Crippen molar-refractivity contribution in [2.24, 2.45) is 11.7 Å². The van der Waals surface area contributed by atoms with E-state index in [0.717, 1.165) is 43.0 Å². The fourth-order valence-corrected chi connectivity index (χ4v) is 4.28. The first-order valence-electron chi connectivity index (χ1n) is 8.00. The molecule has 1 aromatic carbocycles. The Hall–Kier alpha value is -0.870. The molecule has 0 aliphatic heterocycles. The molecule has 0 saturated heterocycles. The zero-order valence-electron chi connectivity index (χ0n) is 12.3. The first-order chi connectivity index (χ1) is 10.2. The molecule has 1 aromatic rings. The SMILES string of the molecule is N[C@@H]1CCCCC[C@H]1C(=O)N[C@H]1CCc2c(Br)cccc21. The number of nitrogens with one attached hydrogen (secondary N) is 1. The number of amides is 1. The molecule has 21 heavy (non-hydrogen) atoms. The lowest BCUT2D eigenvalue weighted by Crippen LogP contribution is -2.42. The molecule has 114 valence electrons. The van der Waals surface area contributed by atoms with Gasteiger partial charge < -0.3 is 11.1 Å². The summed E-state index contributed by atoms with van der Waals surface area (Å²) in [6.45, 7) is 0. The second-order valence-corrected chi connectivity index (χ2v) is 7.17. The predicted octanol–water partition coefficient (Wildman–Crippen LogP) is 3.46. The molecule has 3 N–H and O–H groups in total. The molecule has 3 atom stereocenters. The van der Waals surface area contributed by atoms with Gasteiger partial charge in [-0.3, -0.25) is 4.79 Å². The Morgan fingerprint density at radius 3 is 2.86 bits per heavy atom. The lowest BCUT2D eigenvalue weighted by molar-refractivity contribution is -0.126. The highest BCUT2D eigenvalue weighted by Crippen LogP contribution is 2.36. The van der Waals surface area contributed by atoms with Gasteiger partial charge in [-0.25, -0.2) is 0 Å². The second kappa shape index (κ2) is 6.49. The van der Waals surface area contributed by atoms with E-state index in [1.165, 1.54) is 17.5 Å². The van der Waals surface area contributed by atoms with Crippen LogP contribution < -0.4 is 11.1 Å². The van der Waals surface area contributed by atoms with E-state index in [9.17, 15) is 4.79 Å². The Morgan fingerprint density at radius 2 is 2.00 bits per heavy atom. The van der Waals surface area contributed by atoms with Crippen LogP contribution in [0.5, 0.6) is 0 Å². The van der Waals surface area contributed by atoms with Crippen LogP contribution in [-0.4, -0.2) is 11.9 Å². The van der Waals surface area contributed by atoms with Gasteiger partial charge in [-0.1, -0.05) is 47.3 Å². The zero-order valence-corrected chi connectivity index (χ0v) is 13.9. The van der Waals surface area contributed by atoms with Crippen LogP contribution in [0.2, 0.25) is 0 Å². The summed E-state index contributed by atoms with van der Waals surface area (Å²) in [5.74, 6) is 0.144. The van der Waals surface area contributed by atoms with Crippen LogP contribution >= 0.6 is 15.9 Å². The molecule has 3 rings (SSSR count). The number of carbonyl (C=O) groups is 1. The summed E-state index contributed by atoms with van der Waals surface area (Å²) in [5.41, 5.74) is 8.81. The third kappa shape index (κ3) is 3.16. The van der Waals surface area contributed by atoms with Crippen molar-refractivity contribution in [3.8, 4) is 0 Å². The maximum Gasteiger partial charge on any atom is 0.225 e. The highest BCUT2D eigenvalue weighted by Gasteiger charge is 2.31. The largest absolute Gasteiger partial charge is 0.349 e. The van der Waals surface area contributed by atoms with Crippen molar-refractivity contribution in [1.29, 1.82) is 0 Å². The molecule has 4 heteroatoms. The lowest BCUT2D eigenvalue weighted by Gasteiger charge is -2.23. The van der Waals surface area contributed by atoms with E-state index in [-0.39, 0.29) is 23.9 Å². The molecule has 0 heterocycles. The minimum atomic E-state index is -0.0105. The quantitative estimate of drug-likeness (QED) is 0.802. The van der Waals surface area contributed by atoms with E-state index in [4.69, 9.17) is 5.73 Å². The first kappa shape index (κ1) is 15.0. The van der Waals surface area contributed by atoms with E-state index < -0.39 is 0 Å². The summed E-state index contributed by atoms with van der Waals surface area (Å²) in [6, 6.07) is 6.43. The van der Waals surface area contributed by atoms with Gasteiger partial charge in [0.2, 0.25) is 5.91 Å². The van der Waals surface area contributed by atoms with Gasteiger partial charge in [-0.2, -0.15) is 0 Å². The summed E-state index contributed by atoms with van der Waals surface area (Å²) in [5, 5.41) is 3.25. The van der Waals surface area contributed by atoms with Crippen LogP contribution in [0.3, 0.4) is 0 Å². The topological polar surface area (TPSA) is 55.1 Å². The molecule has 3 nitrogen and oxygen atoms in total. The number of benzene rings is 1. The summed E-state index contributed by atoms with van der Waals surface area (Å²) >= 11 is 3.60. The van der Waals surface area contributed by atoms with E-state index in [1.54, 1.807) is 0 Å². The standard InChI is InChI=1S/C17H23BrN2O/c18-14-7-4-6-12-11(14)9-10-16(12)20-17(21)13-5-2-1-3-8-15(13)19/h4,6-7,13,15-16H,1-3,5,8-10,19H2,(H,20,21)/t13-,15-,16+/m1/s1. The van der Waals surface area contributed by atoms with E-state index in [1.807, 2.05) is 6.07 Å². The van der Waals surface area contributed by atoms with Crippen molar-refractivity contribution in [3.63, 3.8) is 0 Å². The van der Waals surface area contributed by atoms with Gasteiger partial charge in [0, 0.05) is 10.5 Å². The summed E-state index contributed by atoms with van der Waals surface area (Å²) < 4.78 is 1.16. The Kier molecular flexibility index (Phi) is 4.65. The van der Waals surface area contributed by atoms with Crippen molar-refractivity contribution < 1.29 is 4.79 Å². The van der Waals surface area contributed by atoms with Crippen LogP contribution in [0.15, 0.2) is 22.7 Å². The van der Waals surface area contributed by atoms with Crippen molar-refractivity contribution >= 4 is 21.8 Å². The number of halogens is 1. The van der Waals surface area contributed by atoms with Crippen LogP contribution in [0.25, 0.3) is 0 Å². The van der Waals surface area contributed by atoms with Gasteiger partial charge in [0.15, 0.2) is 0 Å². The molecule has 1 saturated carbocycles. The molecule has 0 radical (unpaired) electrons. The van der Waals surface area contributed by atoms with Crippen molar-refractivity contribution in [1.82, 2.24) is 5.32 Å². The second-order valence-electron chi connectivity index (χ2n) is 6.32. The van der Waals surface area contributed by atoms with Crippen molar-refractivity contribution in [2.45, 2.75) is 57.0 Å². The van der Waals surface area contributed by atoms with Crippen molar-refractivity contribution in [3.05, 3.63) is 33.8 Å². The molecule has 2 aliphatic carbocycles. The van der Waals surface area contributed by atoms with Crippen LogP contribution in [0.4, 0.5) is 0 Å². The fraction of sp³-hybridized carbons (Fsp3) is 0.588. The van der Waals surface area contributed by atoms with Gasteiger partial charge >= 0.3 is 0 Å². The van der Waals surface area contributed by atoms with Gasteiger partial charge in [-0.15, -0.1) is 0 Å². The Balaban J connectivity index is 1.70. The van der Waals surface area contributed by atoms with E-state index in [0.29, 0.717) is 0 Å². The Labute approximate surface area is 134 Å². The average molecular weight is 351 g/mol. The maximum absolute atomic E-state index is 12.6. The maximum atomic E-state index is 12.6. The zero-order chi connectivity index (χ0) is 14.8. The van der Waals surface area contributed by atoms with Gasteiger partial charge in [-0.05, 0) is 42.9 Å². The lowest BCUT2D eigenvalue weighted by atomic mass is 9.94. The number of nitrogens with two attached hydrogens (primary N) is 1. The summed E-state index contributed by atoms with van der Waals surface area (Å²) in [4.78, 5) is 12.6. The third-order valence-corrected chi connectivity index (χ3v) is 5.68. The highest BCUT2D eigenvalue weighted by atomic mass is 79.9. The fourth-order valence-electron chi connectivity index (χ4n) is 3.70. The number of hydrogen-bond acceptors (Lipinski definition) is 2. The number of rotatable bonds is 2. The normalized spacial score (nSPS) is 28.8. The van der Waals surface area contributed by atoms with Crippen LogP contribution in [0, 0.1) is 5.92 Å². The first-order valence-corrected chi connectivity index (χ1v) is 8.79. The van der Waals surface area contributed by atoms with Gasteiger partial charge in [0.25, 0.3) is 0 Å². The predicted molar refractivity (Wildman–Crippen MR) is 87.9 cm³/mol. The Morgan fingerprint density at radius 1 is 1.19 bits per heavy atom. The monoisotopic (exact) mass is 350 g/mol. The molecule has 2 aliphatic rings. The minimum Gasteiger partial charge on any atom is -0.349 e. The minimum absolute atomic E-state index is 0.0105. The molecule has 0 bridgehead atoms. The molecule has 0 unspecified atom stereocenters. The summed E-state index contributed by atoms with van der Waals surface area (Å²) in [7, 11) is 0. The molecule has 0 spiro atoms. The van der Waals surface area contributed by atoms with E-state index >= 15 is 0 Å². The summed E-state index contributed by atoms with van der Waals surface area (Å²) in [6.07, 6.45) is 7.42. The smallest absolute Gasteiger partial charge is 0.225 e. The third-order valence-electron chi connectivity index (χ3n) is 4.94. The highest BCUT2D eigenvalue weighted by molar-refractivity contribution is 9.10. The number of fused-ring (bicyclic) bond motifs is 1. The van der Waals surface area contributed by atoms with Gasteiger partial charge in [0.05, 0.1) is 12.0 Å². The van der Waals surface area contributed by atoms with Crippen molar-refractivity contribution in [2.75, 3.05) is 0 Å². The Bertz CT molecular complexity index is 532. The molecule has 1 amide bonds. The molecule has 1 fully saturated rings. The average Bonchev–Trinajstić information content (AvgIpc) is 2.74. The molecule has 0 aromatic heterocycles. The van der Waals surface area contributed by atoms with Crippen LogP contribution in [0.1, 0.15) is 55.7 Å². The van der Waals surface area contributed by atoms with E-state index in [2.05, 4.69) is 33.4 Å². The van der Waals surface area contributed by atoms with Gasteiger partial charge in [0.1, 0.15) is 0 Å². The molecular weight excluding hydrogens is 328 g/mol. The van der Waals surface area contributed by atoms with Crippen LogP contribution in [-0.2, 0) is 11.2 Å². The number of hydrogen-bond donors (Lipinski definition) is 2. The molecular formula is C17H23BrN2O.